The molecule has 1 heteroatoms. The molecule has 0 N–H and O–H groups in total. The molecule has 0 heterocycles. The van der Waals surface area contributed by atoms with E-state index in [0.29, 0.717) is 11.8 Å². The Morgan fingerprint density at radius 1 is 0.846 bits per heavy atom. The molecule has 0 aliphatic heterocycles. The van der Waals surface area contributed by atoms with E-state index in [1.165, 1.54) is 72.8 Å². The molecule has 0 spiro atoms. The summed E-state index contributed by atoms with van der Waals surface area (Å²) < 4.78 is 6.48. The van der Waals surface area contributed by atoms with Crippen LogP contribution in [0.4, 0.5) is 0 Å². The average Bonchev–Trinajstić information content (AvgIpc) is 2.81. The lowest BCUT2D eigenvalue weighted by molar-refractivity contribution is -0.0862. The maximum Gasteiger partial charge on any atom is 0.0602 e. The van der Waals surface area contributed by atoms with Gasteiger partial charge in [-0.15, -0.1) is 0 Å². The van der Waals surface area contributed by atoms with Crippen LogP contribution in [0.2, 0.25) is 0 Å². The van der Waals surface area contributed by atoms with Gasteiger partial charge in [0.25, 0.3) is 0 Å². The van der Waals surface area contributed by atoms with Crippen molar-refractivity contribution >= 4 is 0 Å². The van der Waals surface area contributed by atoms with Gasteiger partial charge < -0.3 is 4.74 Å². The topological polar surface area (TPSA) is 9.23 Å². The van der Waals surface area contributed by atoms with Crippen LogP contribution in [0.1, 0.15) is 146 Å². The van der Waals surface area contributed by atoms with Crippen molar-refractivity contribution in [3.8, 4) is 0 Å². The van der Waals surface area contributed by atoms with Crippen LogP contribution in [0.25, 0.3) is 0 Å². The molecule has 3 unspecified atom stereocenters. The standard InChI is InChI=1S/C38H64O/c1-29(2)16-12-18-31(5)20-14-21-33(7)24-26-36-28-35(23-15-22-32(6)19-13-17-30(3)4)25-27-37(36)34(8)39-38(9,10)11/h16-17,20,22,28,34,36-37H,7,12-15,18-19,21,23-27H2,1-6,8-11H3/b31-20+,32-22+. The highest BCUT2D eigenvalue weighted by atomic mass is 16.5. The van der Waals surface area contributed by atoms with E-state index < -0.39 is 0 Å². The zero-order valence-electron chi connectivity index (χ0n) is 27.7. The minimum Gasteiger partial charge on any atom is -0.373 e. The summed E-state index contributed by atoms with van der Waals surface area (Å²) >= 11 is 0. The van der Waals surface area contributed by atoms with Gasteiger partial charge in [-0.2, -0.15) is 0 Å². The summed E-state index contributed by atoms with van der Waals surface area (Å²) in [7, 11) is 0. The van der Waals surface area contributed by atoms with Gasteiger partial charge in [0.2, 0.25) is 0 Å². The van der Waals surface area contributed by atoms with Crippen molar-refractivity contribution < 1.29 is 4.74 Å². The molecule has 1 nitrogen and oxygen atoms in total. The first-order valence-electron chi connectivity index (χ1n) is 15.9. The Hall–Kier alpha value is -1.60. The smallest absolute Gasteiger partial charge is 0.0602 e. The maximum absolute atomic E-state index is 6.48. The van der Waals surface area contributed by atoms with E-state index in [2.05, 4.69) is 106 Å². The van der Waals surface area contributed by atoms with Gasteiger partial charge in [0.1, 0.15) is 0 Å². The molecule has 0 amide bonds. The van der Waals surface area contributed by atoms with Gasteiger partial charge in [-0.3, -0.25) is 0 Å². The Kier molecular flexibility index (Phi) is 17.0. The molecule has 0 bridgehead atoms. The molecule has 0 aromatic heterocycles. The maximum atomic E-state index is 6.48. The van der Waals surface area contributed by atoms with Gasteiger partial charge in [0, 0.05) is 0 Å². The fourth-order valence-corrected chi connectivity index (χ4v) is 5.71. The minimum absolute atomic E-state index is 0.0960. The zero-order chi connectivity index (χ0) is 29.4. The van der Waals surface area contributed by atoms with Crippen LogP contribution in [-0.4, -0.2) is 11.7 Å². The van der Waals surface area contributed by atoms with Crippen LogP contribution in [0.3, 0.4) is 0 Å². The number of rotatable bonds is 17. The van der Waals surface area contributed by atoms with Crippen LogP contribution in [0, 0.1) is 11.8 Å². The predicted molar refractivity (Wildman–Crippen MR) is 176 cm³/mol. The van der Waals surface area contributed by atoms with Crippen molar-refractivity contribution in [3.05, 3.63) is 70.4 Å². The van der Waals surface area contributed by atoms with Crippen LogP contribution in [0.15, 0.2) is 70.4 Å². The summed E-state index contributed by atoms with van der Waals surface area (Å²) in [6, 6.07) is 0. The van der Waals surface area contributed by atoms with Gasteiger partial charge in [0.15, 0.2) is 0 Å². The molecule has 0 aromatic carbocycles. The molecular weight excluding hydrogens is 472 g/mol. The molecule has 0 aromatic rings. The largest absolute Gasteiger partial charge is 0.373 e. The third kappa shape index (κ3) is 17.7. The van der Waals surface area contributed by atoms with E-state index in [4.69, 9.17) is 4.74 Å². The van der Waals surface area contributed by atoms with Crippen LogP contribution in [0.5, 0.6) is 0 Å². The van der Waals surface area contributed by atoms with Crippen LogP contribution >= 0.6 is 0 Å². The lowest BCUT2D eigenvalue weighted by Crippen LogP contribution is -2.35. The summed E-state index contributed by atoms with van der Waals surface area (Å²) in [5.74, 6) is 1.19. The Morgan fingerprint density at radius 2 is 1.38 bits per heavy atom. The summed E-state index contributed by atoms with van der Waals surface area (Å²) in [6.07, 6.45) is 26.6. The highest BCUT2D eigenvalue weighted by Crippen LogP contribution is 2.38. The molecule has 0 radical (unpaired) electrons. The van der Waals surface area contributed by atoms with Crippen molar-refractivity contribution in [2.24, 2.45) is 11.8 Å². The van der Waals surface area contributed by atoms with Crippen molar-refractivity contribution in [2.45, 2.75) is 158 Å². The monoisotopic (exact) mass is 536 g/mol. The van der Waals surface area contributed by atoms with E-state index in [0.717, 1.165) is 32.1 Å². The third-order valence-corrected chi connectivity index (χ3v) is 7.90. The van der Waals surface area contributed by atoms with Crippen molar-refractivity contribution in [1.29, 1.82) is 0 Å². The molecule has 0 saturated heterocycles. The van der Waals surface area contributed by atoms with E-state index in [1.807, 2.05) is 0 Å². The first-order valence-corrected chi connectivity index (χ1v) is 15.9. The Bertz CT molecular complexity index is 874. The van der Waals surface area contributed by atoms with Gasteiger partial charge in [0.05, 0.1) is 11.7 Å². The minimum atomic E-state index is -0.0960. The van der Waals surface area contributed by atoms with Crippen molar-refractivity contribution in [2.75, 3.05) is 0 Å². The third-order valence-electron chi connectivity index (χ3n) is 7.90. The first-order chi connectivity index (χ1) is 18.3. The number of ether oxygens (including phenoxy) is 1. The Morgan fingerprint density at radius 3 is 1.92 bits per heavy atom. The van der Waals surface area contributed by atoms with Crippen LogP contribution in [-0.2, 0) is 4.74 Å². The van der Waals surface area contributed by atoms with Crippen molar-refractivity contribution in [3.63, 3.8) is 0 Å². The summed E-state index contributed by atoms with van der Waals surface area (Å²) in [6.45, 7) is 26.6. The molecule has 0 fully saturated rings. The summed E-state index contributed by atoms with van der Waals surface area (Å²) in [4.78, 5) is 0. The second-order valence-electron chi connectivity index (χ2n) is 13.7. The molecule has 39 heavy (non-hydrogen) atoms. The SMILES string of the molecule is C=C(CC/C=C(\C)CCC=C(C)C)CCC1C=C(CC/C=C(\C)CCC=C(C)C)CCC1C(C)OC(C)(C)C. The molecule has 1 aliphatic carbocycles. The second-order valence-corrected chi connectivity index (χ2v) is 13.7. The fourth-order valence-electron chi connectivity index (χ4n) is 5.71. The number of hydrogen-bond donors (Lipinski definition) is 0. The van der Waals surface area contributed by atoms with Gasteiger partial charge in [-0.25, -0.2) is 0 Å². The average molecular weight is 537 g/mol. The molecule has 222 valence electrons. The lowest BCUT2D eigenvalue weighted by atomic mass is 9.74. The predicted octanol–water partition coefficient (Wildman–Crippen LogP) is 12.4. The van der Waals surface area contributed by atoms with E-state index in [9.17, 15) is 0 Å². The highest BCUT2D eigenvalue weighted by Gasteiger charge is 2.31. The lowest BCUT2D eigenvalue weighted by Gasteiger charge is -2.38. The number of hydrogen-bond acceptors (Lipinski definition) is 1. The first kappa shape index (κ1) is 35.4. The molecule has 3 atom stereocenters. The molecule has 1 rings (SSSR count). The van der Waals surface area contributed by atoms with Gasteiger partial charge in [-0.1, -0.05) is 70.4 Å². The quantitative estimate of drug-likeness (QED) is 0.168. The van der Waals surface area contributed by atoms with E-state index in [1.54, 1.807) is 5.57 Å². The molecule has 1 aliphatic rings. The van der Waals surface area contributed by atoms with Gasteiger partial charge >= 0.3 is 0 Å². The second kappa shape index (κ2) is 18.7. The van der Waals surface area contributed by atoms with E-state index >= 15 is 0 Å². The van der Waals surface area contributed by atoms with Crippen molar-refractivity contribution in [1.82, 2.24) is 0 Å². The molecular formula is C38H64O. The normalized spacial score (nSPS) is 19.4. The zero-order valence-corrected chi connectivity index (χ0v) is 27.7. The molecule has 0 saturated carbocycles. The number of allylic oxidation sites excluding steroid dienone is 11. The Labute approximate surface area is 244 Å². The summed E-state index contributed by atoms with van der Waals surface area (Å²) in [5, 5.41) is 0. The highest BCUT2D eigenvalue weighted by molar-refractivity contribution is 5.14. The summed E-state index contributed by atoms with van der Waals surface area (Å²) in [5.41, 5.74) is 8.84. The van der Waals surface area contributed by atoms with E-state index in [-0.39, 0.29) is 11.7 Å². The van der Waals surface area contributed by atoms with Crippen LogP contribution < -0.4 is 0 Å². The van der Waals surface area contributed by atoms with Gasteiger partial charge in [-0.05, 0) is 158 Å². The fraction of sp³-hybridized carbons (Fsp3) is 0.684. The Balaban J connectivity index is 2.73.